The number of nitrogens with zero attached hydrogens (tertiary/aromatic N) is 1. The normalized spacial score (nSPS) is 17.4. The van der Waals surface area contributed by atoms with Gasteiger partial charge >= 0.3 is 6.03 Å². The van der Waals surface area contributed by atoms with Crippen molar-refractivity contribution in [2.24, 2.45) is 0 Å². The van der Waals surface area contributed by atoms with Crippen LogP contribution in [0.1, 0.15) is 11.1 Å². The third-order valence-electron chi connectivity index (χ3n) is 5.16. The van der Waals surface area contributed by atoms with Gasteiger partial charge in [-0.15, -0.1) is 0 Å². The second kappa shape index (κ2) is 8.82. The van der Waals surface area contributed by atoms with E-state index < -0.39 is 17.7 Å². The van der Waals surface area contributed by atoms with Gasteiger partial charge in [-0.1, -0.05) is 45.7 Å². The number of methoxy groups -OCH3 is 1. The van der Waals surface area contributed by atoms with Gasteiger partial charge < -0.3 is 20.5 Å². The molecule has 9 heteroatoms. The van der Waals surface area contributed by atoms with Gasteiger partial charge in [-0.25, -0.2) is 4.79 Å². The highest BCUT2D eigenvalue weighted by molar-refractivity contribution is 9.10. The number of para-hydroxylation sites is 1. The number of carbonyl (C=O) groups is 2. The zero-order valence-electron chi connectivity index (χ0n) is 16.9. The number of rotatable bonds is 5. The van der Waals surface area contributed by atoms with E-state index in [0.29, 0.717) is 26.6 Å². The monoisotopic (exact) mass is 515 g/mol. The summed E-state index contributed by atoms with van der Waals surface area (Å²) in [7, 11) is 1.54. The maximum atomic E-state index is 13.5. The van der Waals surface area contributed by atoms with Gasteiger partial charge in [0.1, 0.15) is 5.75 Å². The van der Waals surface area contributed by atoms with Crippen LogP contribution in [0.2, 0.25) is 5.02 Å². The highest BCUT2D eigenvalue weighted by atomic mass is 79.9. The van der Waals surface area contributed by atoms with E-state index >= 15 is 0 Å². The molecule has 3 aromatic rings. The van der Waals surface area contributed by atoms with E-state index in [1.165, 1.54) is 7.11 Å². The summed E-state index contributed by atoms with van der Waals surface area (Å²) in [6.07, 6.45) is 0. The summed E-state index contributed by atoms with van der Waals surface area (Å²) in [4.78, 5) is 27.5. The second-order valence-corrected chi connectivity index (χ2v) is 8.45. The summed E-state index contributed by atoms with van der Waals surface area (Å²) in [5.74, 6) is -0.175. The fourth-order valence-electron chi connectivity index (χ4n) is 3.62. The van der Waals surface area contributed by atoms with Crippen molar-refractivity contribution in [2.75, 3.05) is 17.3 Å². The molecule has 1 aliphatic rings. The van der Waals surface area contributed by atoms with E-state index in [2.05, 4.69) is 26.6 Å². The van der Waals surface area contributed by atoms with Gasteiger partial charge in [0.25, 0.3) is 11.6 Å². The van der Waals surface area contributed by atoms with Gasteiger partial charge in [-0.3, -0.25) is 9.69 Å². The molecule has 0 aromatic heterocycles. The predicted octanol–water partition coefficient (Wildman–Crippen LogP) is 4.62. The van der Waals surface area contributed by atoms with E-state index in [4.69, 9.17) is 16.3 Å². The number of carbonyl (C=O) groups excluding carboxylic acids is 2. The van der Waals surface area contributed by atoms with Gasteiger partial charge in [-0.05, 0) is 48.5 Å². The first-order chi connectivity index (χ1) is 15.3. The molecule has 4 rings (SSSR count). The zero-order valence-corrected chi connectivity index (χ0v) is 19.3. The van der Waals surface area contributed by atoms with Gasteiger partial charge in [0.05, 0.1) is 12.8 Å². The molecule has 0 radical (unpaired) electrons. The SMILES string of the molecule is COc1ccccc1CNC(=O)[C@@]1(O)c2cc(Br)ccc2NC(=O)N1c1ccc(Cl)cc1. The number of ether oxygens (including phenoxy) is 1. The largest absolute Gasteiger partial charge is 0.496 e. The van der Waals surface area contributed by atoms with Crippen molar-refractivity contribution in [2.45, 2.75) is 12.3 Å². The average molecular weight is 517 g/mol. The Balaban J connectivity index is 1.77. The van der Waals surface area contributed by atoms with Crippen LogP contribution in [0.4, 0.5) is 16.2 Å². The summed E-state index contributed by atoms with van der Waals surface area (Å²) in [5.41, 5.74) is -0.749. The van der Waals surface area contributed by atoms with Crippen LogP contribution < -0.4 is 20.3 Å². The fourth-order valence-corrected chi connectivity index (χ4v) is 4.11. The molecule has 1 aliphatic heterocycles. The molecule has 0 unspecified atom stereocenters. The molecule has 1 heterocycles. The van der Waals surface area contributed by atoms with Crippen molar-refractivity contribution >= 4 is 50.8 Å². The maximum absolute atomic E-state index is 13.5. The first-order valence-corrected chi connectivity index (χ1v) is 10.8. The zero-order chi connectivity index (χ0) is 22.9. The van der Waals surface area contributed by atoms with E-state index in [1.807, 2.05) is 12.1 Å². The predicted molar refractivity (Wildman–Crippen MR) is 126 cm³/mol. The number of amides is 3. The smallest absolute Gasteiger partial charge is 0.329 e. The van der Waals surface area contributed by atoms with Crippen LogP contribution in [0.3, 0.4) is 0 Å². The quantitative estimate of drug-likeness (QED) is 0.461. The highest BCUT2D eigenvalue weighted by Crippen LogP contribution is 2.41. The van der Waals surface area contributed by atoms with Crippen LogP contribution in [0.15, 0.2) is 71.2 Å². The molecule has 0 aliphatic carbocycles. The maximum Gasteiger partial charge on any atom is 0.329 e. The summed E-state index contributed by atoms with van der Waals surface area (Å²) >= 11 is 9.37. The number of urea groups is 1. The van der Waals surface area contributed by atoms with Crippen LogP contribution in [0.25, 0.3) is 0 Å². The fraction of sp³-hybridized carbons (Fsp3) is 0.130. The molecule has 0 saturated carbocycles. The van der Waals surface area contributed by atoms with Gasteiger partial charge in [-0.2, -0.15) is 0 Å². The van der Waals surface area contributed by atoms with Gasteiger partial charge in [0.2, 0.25) is 0 Å². The molecule has 1 atom stereocenters. The molecule has 3 aromatic carbocycles. The Hall–Kier alpha value is -3.07. The minimum Gasteiger partial charge on any atom is -0.496 e. The standard InChI is InChI=1S/C23H19BrClN3O4/c1-32-20-5-3-2-4-14(20)13-26-21(29)23(31)18-12-15(24)6-11-19(18)27-22(30)28(23)17-9-7-16(25)8-10-17/h2-12,31H,13H2,1H3,(H,26,29)(H,27,30)/t23-/m0/s1. The molecule has 164 valence electrons. The summed E-state index contributed by atoms with van der Waals surface area (Å²) in [6, 6.07) is 17.8. The third-order valence-corrected chi connectivity index (χ3v) is 5.90. The Labute approximate surface area is 198 Å². The number of hydrogen-bond acceptors (Lipinski definition) is 4. The Morgan fingerprint density at radius 3 is 2.62 bits per heavy atom. The number of benzene rings is 3. The summed E-state index contributed by atoms with van der Waals surface area (Å²) in [6.45, 7) is 0.0879. The molecule has 32 heavy (non-hydrogen) atoms. The molecular weight excluding hydrogens is 498 g/mol. The summed E-state index contributed by atoms with van der Waals surface area (Å²) < 4.78 is 5.97. The van der Waals surface area contributed by atoms with Crippen molar-refractivity contribution in [1.29, 1.82) is 0 Å². The number of halogens is 2. The minimum absolute atomic E-state index is 0.0879. The third kappa shape index (κ3) is 3.92. The number of nitrogens with one attached hydrogen (secondary N) is 2. The molecule has 0 fully saturated rings. The van der Waals surface area contributed by atoms with Crippen LogP contribution in [-0.4, -0.2) is 24.2 Å². The summed E-state index contributed by atoms with van der Waals surface area (Å²) in [5, 5.41) is 17.8. The van der Waals surface area contributed by atoms with Gasteiger partial charge in [0.15, 0.2) is 0 Å². The molecular formula is C23H19BrClN3O4. The Morgan fingerprint density at radius 1 is 1.19 bits per heavy atom. The van der Waals surface area contributed by atoms with Crippen molar-refractivity contribution in [1.82, 2.24) is 5.32 Å². The van der Waals surface area contributed by atoms with Gasteiger partial charge in [0, 0.05) is 32.9 Å². The van der Waals surface area contributed by atoms with Crippen molar-refractivity contribution in [3.63, 3.8) is 0 Å². The van der Waals surface area contributed by atoms with Crippen molar-refractivity contribution < 1.29 is 19.4 Å². The van der Waals surface area contributed by atoms with Crippen LogP contribution in [-0.2, 0) is 17.1 Å². The lowest BCUT2D eigenvalue weighted by molar-refractivity contribution is -0.140. The number of hydrogen-bond donors (Lipinski definition) is 3. The van der Waals surface area contributed by atoms with Crippen molar-refractivity contribution in [3.8, 4) is 5.75 Å². The molecule has 0 spiro atoms. The molecule has 0 saturated heterocycles. The minimum atomic E-state index is -2.32. The lowest BCUT2D eigenvalue weighted by Gasteiger charge is -2.42. The number of anilines is 2. The first-order valence-electron chi connectivity index (χ1n) is 9.64. The molecule has 3 N–H and O–H groups in total. The molecule has 0 bridgehead atoms. The first kappa shape index (κ1) is 22.1. The lowest BCUT2D eigenvalue weighted by Crippen LogP contribution is -2.62. The van der Waals surface area contributed by atoms with Crippen LogP contribution in [0.5, 0.6) is 5.75 Å². The average Bonchev–Trinajstić information content (AvgIpc) is 2.79. The van der Waals surface area contributed by atoms with E-state index in [1.54, 1.807) is 54.6 Å². The molecule has 7 nitrogen and oxygen atoms in total. The highest BCUT2D eigenvalue weighted by Gasteiger charge is 2.52. The topological polar surface area (TPSA) is 90.9 Å². The second-order valence-electron chi connectivity index (χ2n) is 7.10. The van der Waals surface area contributed by atoms with Crippen LogP contribution in [0, 0.1) is 0 Å². The Kier molecular flexibility index (Phi) is 6.10. The van der Waals surface area contributed by atoms with E-state index in [9.17, 15) is 14.7 Å². The number of fused-ring (bicyclic) bond motifs is 1. The van der Waals surface area contributed by atoms with E-state index in [-0.39, 0.29) is 12.1 Å². The molecule has 3 amide bonds. The lowest BCUT2D eigenvalue weighted by atomic mass is 9.94. The Bertz CT molecular complexity index is 1190. The Morgan fingerprint density at radius 2 is 1.91 bits per heavy atom. The van der Waals surface area contributed by atoms with Crippen molar-refractivity contribution in [3.05, 3.63) is 87.4 Å². The van der Waals surface area contributed by atoms with E-state index in [0.717, 1.165) is 10.5 Å². The number of aliphatic hydroxyl groups is 1. The van der Waals surface area contributed by atoms with Crippen LogP contribution >= 0.6 is 27.5 Å².